The maximum Gasteiger partial charge on any atom is 0.407 e. The number of amides is 1. The zero-order chi connectivity index (χ0) is 13.2. The van der Waals surface area contributed by atoms with Gasteiger partial charge in [0.15, 0.2) is 4.34 Å². The molecule has 1 unspecified atom stereocenters. The second kappa shape index (κ2) is 5.38. The van der Waals surface area contributed by atoms with E-state index in [1.54, 1.807) is 23.1 Å². The van der Waals surface area contributed by atoms with E-state index in [4.69, 9.17) is 5.11 Å². The predicted octanol–water partition coefficient (Wildman–Crippen LogP) is 3.53. The minimum Gasteiger partial charge on any atom is -0.465 e. The zero-order valence-electron chi connectivity index (χ0n) is 10.3. The van der Waals surface area contributed by atoms with Crippen molar-refractivity contribution in [3.63, 3.8) is 0 Å². The number of likely N-dealkylation sites (tertiary alicyclic amines) is 1. The van der Waals surface area contributed by atoms with Crippen LogP contribution in [0.1, 0.15) is 12.8 Å². The van der Waals surface area contributed by atoms with Gasteiger partial charge in [0.1, 0.15) is 0 Å². The molecule has 1 saturated heterocycles. The summed E-state index contributed by atoms with van der Waals surface area (Å²) in [6, 6.07) is 8.09. The van der Waals surface area contributed by atoms with Crippen molar-refractivity contribution in [1.82, 2.24) is 9.88 Å². The fourth-order valence-corrected chi connectivity index (χ4v) is 4.79. The summed E-state index contributed by atoms with van der Waals surface area (Å²) in [6.07, 6.45) is 1.19. The minimum atomic E-state index is -0.811. The lowest BCUT2D eigenvalue weighted by atomic mass is 10.1. The van der Waals surface area contributed by atoms with E-state index in [0.717, 1.165) is 22.7 Å². The maximum atomic E-state index is 11.0. The smallest absolute Gasteiger partial charge is 0.407 e. The summed E-state index contributed by atoms with van der Waals surface area (Å²) in [7, 11) is 0. The molecular weight excluding hydrogens is 280 g/mol. The van der Waals surface area contributed by atoms with Gasteiger partial charge in [-0.05, 0) is 25.0 Å². The lowest BCUT2D eigenvalue weighted by Crippen LogP contribution is -2.40. The molecule has 0 radical (unpaired) electrons. The fourth-order valence-electron chi connectivity index (χ4n) is 2.25. The highest BCUT2D eigenvalue weighted by atomic mass is 32.2. The Labute approximate surface area is 119 Å². The molecule has 0 saturated carbocycles. The van der Waals surface area contributed by atoms with Crippen molar-refractivity contribution in [2.24, 2.45) is 0 Å². The topological polar surface area (TPSA) is 53.4 Å². The van der Waals surface area contributed by atoms with Gasteiger partial charge in [-0.25, -0.2) is 9.78 Å². The van der Waals surface area contributed by atoms with Crippen LogP contribution in [-0.4, -0.2) is 39.4 Å². The number of thiazole rings is 1. The molecule has 1 aromatic carbocycles. The third-order valence-corrected chi connectivity index (χ3v) is 5.57. The summed E-state index contributed by atoms with van der Waals surface area (Å²) in [6.45, 7) is 1.27. The number of benzene rings is 1. The molecule has 1 atom stereocenters. The van der Waals surface area contributed by atoms with E-state index in [0.29, 0.717) is 18.3 Å². The van der Waals surface area contributed by atoms with Crippen molar-refractivity contribution in [3.8, 4) is 0 Å². The first-order valence-corrected chi connectivity index (χ1v) is 7.92. The number of rotatable bonds is 2. The average molecular weight is 294 g/mol. The molecule has 2 aromatic rings. The van der Waals surface area contributed by atoms with Crippen LogP contribution in [-0.2, 0) is 0 Å². The maximum absolute atomic E-state index is 11.0. The molecule has 4 nitrogen and oxygen atoms in total. The zero-order valence-corrected chi connectivity index (χ0v) is 11.9. The number of aromatic nitrogens is 1. The molecule has 1 amide bonds. The lowest BCUT2D eigenvalue weighted by Gasteiger charge is -2.29. The van der Waals surface area contributed by atoms with Crippen LogP contribution < -0.4 is 0 Å². The fraction of sp³-hybridized carbons (Fsp3) is 0.385. The Morgan fingerprint density at radius 1 is 1.47 bits per heavy atom. The molecule has 2 heterocycles. The van der Waals surface area contributed by atoms with Crippen molar-refractivity contribution in [1.29, 1.82) is 0 Å². The molecule has 1 aromatic heterocycles. The molecule has 1 fully saturated rings. The van der Waals surface area contributed by atoms with Crippen molar-refractivity contribution < 1.29 is 9.90 Å². The highest BCUT2D eigenvalue weighted by Gasteiger charge is 2.24. The van der Waals surface area contributed by atoms with Crippen molar-refractivity contribution in [2.75, 3.05) is 13.1 Å². The summed E-state index contributed by atoms with van der Waals surface area (Å²) in [4.78, 5) is 17.1. The van der Waals surface area contributed by atoms with Crippen LogP contribution in [0.3, 0.4) is 0 Å². The molecule has 3 rings (SSSR count). The molecule has 1 aliphatic rings. The van der Waals surface area contributed by atoms with Gasteiger partial charge in [0.2, 0.25) is 0 Å². The molecule has 6 heteroatoms. The van der Waals surface area contributed by atoms with Crippen molar-refractivity contribution in [2.45, 2.75) is 22.4 Å². The van der Waals surface area contributed by atoms with Crippen LogP contribution >= 0.6 is 23.1 Å². The summed E-state index contributed by atoms with van der Waals surface area (Å²) in [5.74, 6) is 0. The monoisotopic (exact) mass is 294 g/mol. The second-order valence-corrected chi connectivity index (χ2v) is 7.14. The third kappa shape index (κ3) is 2.84. The highest BCUT2D eigenvalue weighted by molar-refractivity contribution is 8.01. The van der Waals surface area contributed by atoms with Gasteiger partial charge >= 0.3 is 6.09 Å². The van der Waals surface area contributed by atoms with Crippen LogP contribution in [0.15, 0.2) is 28.6 Å². The summed E-state index contributed by atoms with van der Waals surface area (Å²) >= 11 is 3.40. The van der Waals surface area contributed by atoms with Gasteiger partial charge in [0, 0.05) is 18.3 Å². The molecule has 0 bridgehead atoms. The quantitative estimate of drug-likeness (QED) is 0.920. The Kier molecular flexibility index (Phi) is 3.61. The van der Waals surface area contributed by atoms with E-state index in [1.165, 1.54) is 9.60 Å². The van der Waals surface area contributed by atoms with Crippen LogP contribution in [0.4, 0.5) is 4.79 Å². The highest BCUT2D eigenvalue weighted by Crippen LogP contribution is 2.34. The summed E-state index contributed by atoms with van der Waals surface area (Å²) in [5, 5.41) is 9.36. The minimum absolute atomic E-state index is 0.324. The molecule has 1 aliphatic heterocycles. The van der Waals surface area contributed by atoms with Crippen LogP contribution in [0.2, 0.25) is 0 Å². The van der Waals surface area contributed by atoms with Gasteiger partial charge in [-0.15, -0.1) is 11.3 Å². The number of thioether (sulfide) groups is 1. The molecule has 0 aliphatic carbocycles. The summed E-state index contributed by atoms with van der Waals surface area (Å²) < 4.78 is 2.23. The van der Waals surface area contributed by atoms with Gasteiger partial charge in [-0.1, -0.05) is 23.9 Å². The number of carbonyl (C=O) groups is 1. The van der Waals surface area contributed by atoms with E-state index in [-0.39, 0.29) is 0 Å². The van der Waals surface area contributed by atoms with E-state index < -0.39 is 6.09 Å². The van der Waals surface area contributed by atoms with E-state index in [9.17, 15) is 4.79 Å². The normalized spacial score (nSPS) is 19.8. The SMILES string of the molecule is O=C(O)N1CCCC(Sc2nc3ccccc3s2)C1. The van der Waals surface area contributed by atoms with Gasteiger partial charge in [-0.3, -0.25) is 0 Å². The number of nitrogens with zero attached hydrogens (tertiary/aromatic N) is 2. The van der Waals surface area contributed by atoms with Crippen LogP contribution in [0.25, 0.3) is 10.2 Å². The molecular formula is C13H14N2O2S2. The van der Waals surface area contributed by atoms with Gasteiger partial charge in [0.25, 0.3) is 0 Å². The van der Waals surface area contributed by atoms with Crippen molar-refractivity contribution >= 4 is 39.4 Å². The Hall–Kier alpha value is -1.27. The molecule has 100 valence electrons. The number of carboxylic acid groups (broad SMARTS) is 1. The Balaban J connectivity index is 1.72. The van der Waals surface area contributed by atoms with E-state index >= 15 is 0 Å². The van der Waals surface area contributed by atoms with Gasteiger partial charge in [-0.2, -0.15) is 0 Å². The van der Waals surface area contributed by atoms with Crippen molar-refractivity contribution in [3.05, 3.63) is 24.3 Å². The van der Waals surface area contributed by atoms with Gasteiger partial charge in [0.05, 0.1) is 10.2 Å². The molecule has 0 spiro atoms. The number of hydrogen-bond donors (Lipinski definition) is 1. The van der Waals surface area contributed by atoms with Crippen LogP contribution in [0, 0.1) is 0 Å². The summed E-state index contributed by atoms with van der Waals surface area (Å²) in [5.41, 5.74) is 1.03. The van der Waals surface area contributed by atoms with E-state index in [1.807, 2.05) is 18.2 Å². The van der Waals surface area contributed by atoms with Crippen LogP contribution in [0.5, 0.6) is 0 Å². The first-order chi connectivity index (χ1) is 9.22. The Morgan fingerprint density at radius 2 is 2.32 bits per heavy atom. The van der Waals surface area contributed by atoms with E-state index in [2.05, 4.69) is 11.1 Å². The first kappa shape index (κ1) is 12.7. The number of para-hydroxylation sites is 1. The average Bonchev–Trinajstić information content (AvgIpc) is 2.81. The Bertz CT molecular complexity index is 566. The molecule has 19 heavy (non-hydrogen) atoms. The predicted molar refractivity (Wildman–Crippen MR) is 78.1 cm³/mol. The number of fused-ring (bicyclic) bond motifs is 1. The Morgan fingerprint density at radius 3 is 3.11 bits per heavy atom. The standard InChI is InChI=1S/C13H14N2O2S2/c16-13(17)15-7-3-4-9(8-15)18-12-14-10-5-1-2-6-11(10)19-12/h1-2,5-6,9H,3-4,7-8H2,(H,16,17). The number of piperidine rings is 1. The molecule has 1 N–H and O–H groups in total. The second-order valence-electron chi connectivity index (χ2n) is 4.56. The largest absolute Gasteiger partial charge is 0.465 e. The third-order valence-electron chi connectivity index (χ3n) is 3.19. The van der Waals surface area contributed by atoms with Gasteiger partial charge < -0.3 is 10.0 Å². The first-order valence-electron chi connectivity index (χ1n) is 6.22. The number of hydrogen-bond acceptors (Lipinski definition) is 4. The lowest BCUT2D eigenvalue weighted by molar-refractivity contribution is 0.137.